The molecule has 0 fully saturated rings. The second kappa shape index (κ2) is 6.44. The van der Waals surface area contributed by atoms with E-state index in [4.69, 9.17) is 6.42 Å². The maximum atomic E-state index is 5.24. The lowest BCUT2D eigenvalue weighted by Crippen LogP contribution is -2.10. The summed E-state index contributed by atoms with van der Waals surface area (Å²) >= 11 is 0. The maximum Gasteiger partial charge on any atom is 0.0664 e. The predicted molar refractivity (Wildman–Crippen MR) is 66.1 cm³/mol. The first-order valence-electron chi connectivity index (χ1n) is 5.30. The van der Waals surface area contributed by atoms with E-state index in [1.807, 2.05) is 0 Å². The summed E-state index contributed by atoms with van der Waals surface area (Å²) in [6.45, 7) is 9.66. The average molecular weight is 199 g/mol. The van der Waals surface area contributed by atoms with E-state index in [0.717, 1.165) is 12.1 Å². The first-order valence-corrected chi connectivity index (χ1v) is 8.24. The van der Waals surface area contributed by atoms with Crippen LogP contribution in [0.4, 0.5) is 0 Å². The van der Waals surface area contributed by atoms with Crippen LogP contribution in [0.3, 0.4) is 0 Å². The second-order valence-electron chi connectivity index (χ2n) is 4.45. The maximum absolute atomic E-state index is 5.24. The molecule has 13 heavy (non-hydrogen) atoms. The fraction of sp³-hybridized carbons (Fsp3) is 0.833. The van der Waals surface area contributed by atoms with Crippen molar-refractivity contribution in [2.45, 2.75) is 45.2 Å². The highest BCUT2D eigenvalue weighted by molar-refractivity contribution is 7.75. The van der Waals surface area contributed by atoms with E-state index < -0.39 is 7.26 Å². The van der Waals surface area contributed by atoms with Gasteiger partial charge in [-0.25, -0.2) is 0 Å². The van der Waals surface area contributed by atoms with Crippen LogP contribution in [-0.4, -0.2) is 25.2 Å². The summed E-state index contributed by atoms with van der Waals surface area (Å²) < 4.78 is 0. The lowest BCUT2D eigenvalue weighted by Gasteiger charge is -2.24. The molecule has 0 aliphatic heterocycles. The Balaban J connectivity index is 3.80. The fourth-order valence-electron chi connectivity index (χ4n) is 1.65. The van der Waals surface area contributed by atoms with Crippen molar-refractivity contribution in [1.29, 1.82) is 0 Å². The average Bonchev–Trinajstić information content (AvgIpc) is 2.04. The van der Waals surface area contributed by atoms with Crippen molar-refractivity contribution >= 4 is 7.26 Å². The van der Waals surface area contributed by atoms with Crippen molar-refractivity contribution in [3.8, 4) is 12.3 Å². The lowest BCUT2D eigenvalue weighted by atomic mass is 10.2. The second-order valence-corrected chi connectivity index (χ2v) is 9.33. The molecular weight excluding hydrogens is 175 g/mol. The topological polar surface area (TPSA) is 0 Å². The van der Waals surface area contributed by atoms with Crippen LogP contribution in [0.2, 0.25) is 0 Å². The zero-order valence-electron chi connectivity index (χ0n) is 9.64. The number of terminal acetylenes is 1. The van der Waals surface area contributed by atoms with Gasteiger partial charge in [0, 0.05) is 27.0 Å². The van der Waals surface area contributed by atoms with Gasteiger partial charge in [0.1, 0.15) is 0 Å². The van der Waals surface area contributed by atoms with Crippen molar-refractivity contribution in [3.05, 3.63) is 0 Å². The zero-order chi connectivity index (χ0) is 10.3. The van der Waals surface area contributed by atoms with Gasteiger partial charge in [-0.2, -0.15) is 0 Å². The zero-order valence-corrected chi connectivity index (χ0v) is 10.5. The summed E-state index contributed by atoms with van der Waals surface area (Å²) in [6, 6.07) is 0. The molecule has 0 aromatic heterocycles. The van der Waals surface area contributed by atoms with Crippen LogP contribution in [0.15, 0.2) is 0 Å². The molecule has 0 rings (SSSR count). The molecule has 0 heterocycles. The number of hydrogen-bond acceptors (Lipinski definition) is 0. The Morgan fingerprint density at radius 1 is 1.38 bits per heavy atom. The van der Waals surface area contributed by atoms with Gasteiger partial charge in [0.25, 0.3) is 0 Å². The molecule has 0 radical (unpaired) electrons. The SMILES string of the molecule is C#CCCCC(C)[P+](C)(C)CCC. The molecule has 1 unspecified atom stereocenters. The first-order chi connectivity index (χ1) is 6.04. The Morgan fingerprint density at radius 3 is 2.46 bits per heavy atom. The summed E-state index contributed by atoms with van der Waals surface area (Å²) in [5.41, 5.74) is 0.904. The number of hydrogen-bond donors (Lipinski definition) is 0. The highest BCUT2D eigenvalue weighted by atomic mass is 31.2. The van der Waals surface area contributed by atoms with Gasteiger partial charge in [0.2, 0.25) is 0 Å². The number of unbranched alkanes of at least 4 members (excludes halogenated alkanes) is 1. The van der Waals surface area contributed by atoms with Gasteiger partial charge >= 0.3 is 0 Å². The van der Waals surface area contributed by atoms with Crippen LogP contribution >= 0.6 is 7.26 Å². The Morgan fingerprint density at radius 2 is 2.00 bits per heavy atom. The van der Waals surface area contributed by atoms with Gasteiger partial charge in [0.15, 0.2) is 0 Å². The Hall–Kier alpha value is -0.0100. The molecule has 0 aromatic rings. The van der Waals surface area contributed by atoms with Crippen molar-refractivity contribution in [2.75, 3.05) is 19.5 Å². The normalized spacial score (nSPS) is 13.8. The Kier molecular flexibility index (Phi) is 6.44. The third-order valence-electron chi connectivity index (χ3n) is 2.94. The van der Waals surface area contributed by atoms with E-state index in [-0.39, 0.29) is 0 Å². The predicted octanol–water partition coefficient (Wildman–Crippen LogP) is 3.87. The van der Waals surface area contributed by atoms with Crippen LogP contribution in [-0.2, 0) is 0 Å². The molecule has 1 atom stereocenters. The molecule has 0 spiro atoms. The molecule has 0 saturated heterocycles. The monoisotopic (exact) mass is 199 g/mol. The van der Waals surface area contributed by atoms with Crippen LogP contribution in [0, 0.1) is 12.3 Å². The number of rotatable bonds is 6. The highest BCUT2D eigenvalue weighted by Crippen LogP contribution is 2.57. The van der Waals surface area contributed by atoms with Gasteiger partial charge in [-0.05, 0) is 26.2 Å². The van der Waals surface area contributed by atoms with Crippen molar-refractivity contribution < 1.29 is 0 Å². The minimum absolute atomic E-state index is 0.642. The summed E-state index contributed by atoms with van der Waals surface area (Å²) in [5.74, 6) is 2.72. The van der Waals surface area contributed by atoms with Gasteiger partial charge in [-0.1, -0.05) is 6.92 Å². The molecule has 0 aliphatic rings. The van der Waals surface area contributed by atoms with E-state index in [1.165, 1.54) is 25.4 Å². The van der Waals surface area contributed by atoms with Gasteiger partial charge in [-0.3, -0.25) is 0 Å². The summed E-state index contributed by atoms with van der Waals surface area (Å²) in [7, 11) is -0.642. The molecule has 0 nitrogen and oxygen atoms in total. The van der Waals surface area contributed by atoms with Crippen molar-refractivity contribution in [2.24, 2.45) is 0 Å². The Bertz CT molecular complexity index is 164. The molecular formula is C12H24P+. The largest absolute Gasteiger partial charge is 0.120 e. The molecule has 0 aromatic carbocycles. The molecule has 0 amide bonds. The van der Waals surface area contributed by atoms with E-state index >= 15 is 0 Å². The van der Waals surface area contributed by atoms with Crippen LogP contribution in [0.5, 0.6) is 0 Å². The van der Waals surface area contributed by atoms with E-state index in [9.17, 15) is 0 Å². The molecule has 0 bridgehead atoms. The molecule has 0 N–H and O–H groups in total. The third-order valence-corrected chi connectivity index (χ3v) is 7.18. The van der Waals surface area contributed by atoms with Gasteiger partial charge < -0.3 is 0 Å². The summed E-state index contributed by atoms with van der Waals surface area (Å²) in [4.78, 5) is 0. The van der Waals surface area contributed by atoms with Crippen LogP contribution < -0.4 is 0 Å². The van der Waals surface area contributed by atoms with Crippen molar-refractivity contribution in [1.82, 2.24) is 0 Å². The lowest BCUT2D eigenvalue weighted by molar-refractivity contribution is 0.737. The smallest absolute Gasteiger partial charge is 0.0664 e. The molecule has 76 valence electrons. The van der Waals surface area contributed by atoms with E-state index in [0.29, 0.717) is 0 Å². The van der Waals surface area contributed by atoms with Crippen LogP contribution in [0.25, 0.3) is 0 Å². The quantitative estimate of drug-likeness (QED) is 0.346. The fourth-order valence-corrected chi connectivity index (χ4v) is 4.12. The molecule has 1 heteroatoms. The first kappa shape index (κ1) is 13.0. The molecule has 0 aliphatic carbocycles. The Labute approximate surface area is 84.8 Å². The van der Waals surface area contributed by atoms with E-state index in [1.54, 1.807) is 0 Å². The standard InChI is InChI=1S/C12H24P/c1-6-8-9-10-12(3)13(4,5)11-7-2/h1,12H,7-11H2,2-5H3/q+1. The summed E-state index contributed by atoms with van der Waals surface area (Å²) in [5, 5.41) is 0. The van der Waals surface area contributed by atoms with E-state index in [2.05, 4.69) is 33.1 Å². The summed E-state index contributed by atoms with van der Waals surface area (Å²) in [6.07, 6.45) is 11.5. The highest BCUT2D eigenvalue weighted by Gasteiger charge is 2.30. The van der Waals surface area contributed by atoms with Gasteiger partial charge in [-0.15, -0.1) is 12.3 Å². The van der Waals surface area contributed by atoms with Gasteiger partial charge in [0.05, 0.1) is 11.8 Å². The van der Waals surface area contributed by atoms with Crippen molar-refractivity contribution in [3.63, 3.8) is 0 Å². The molecule has 0 saturated carbocycles. The minimum Gasteiger partial charge on any atom is -0.120 e. The van der Waals surface area contributed by atoms with Crippen LogP contribution in [0.1, 0.15) is 39.5 Å². The minimum atomic E-state index is -0.642. The third kappa shape index (κ3) is 5.33.